The third-order valence-electron chi connectivity index (χ3n) is 2.41. The van der Waals surface area contributed by atoms with Crippen molar-refractivity contribution in [1.29, 1.82) is 0 Å². The third-order valence-corrected chi connectivity index (χ3v) is 3.94. The number of esters is 2. The van der Waals surface area contributed by atoms with E-state index in [1.165, 1.54) is 11.8 Å². The highest BCUT2D eigenvalue weighted by Crippen LogP contribution is 2.12. The van der Waals surface area contributed by atoms with Crippen LogP contribution in [0.5, 0.6) is 0 Å². The Morgan fingerprint density at radius 2 is 1.75 bits per heavy atom. The predicted octanol–water partition coefficient (Wildman–Crippen LogP) is 0.574. The van der Waals surface area contributed by atoms with Gasteiger partial charge in [-0.05, 0) is 5.56 Å². The Hall–Kier alpha value is -1.02. The van der Waals surface area contributed by atoms with Crippen LogP contribution in [-0.2, 0) is 20.1 Å². The number of ether oxygens (including phenoxy) is 1. The number of hydrogen-bond acceptors (Lipinski definition) is 7. The topological polar surface area (TPSA) is 95.4 Å². The lowest BCUT2D eigenvalue weighted by Crippen LogP contribution is -2.41. The van der Waals surface area contributed by atoms with Gasteiger partial charge < -0.3 is 16.2 Å². The number of hydrogen-bond donors (Lipinski definition) is 3. The Kier molecular flexibility index (Phi) is 7.68. The minimum Gasteiger partial charge on any atom is -0.391 e. The second kappa shape index (κ2) is 9.02. The van der Waals surface area contributed by atoms with Gasteiger partial charge in [0.15, 0.2) is 0 Å². The molecule has 0 saturated carbocycles. The lowest BCUT2D eigenvalue weighted by Gasteiger charge is -2.12. The van der Waals surface area contributed by atoms with E-state index in [0.717, 1.165) is 11.3 Å². The summed E-state index contributed by atoms with van der Waals surface area (Å²) in [5.74, 6) is -0.325. The Bertz CT molecular complexity index is 443. The predicted molar refractivity (Wildman–Crippen MR) is 83.5 cm³/mol. The average molecular weight is 314 g/mol. The van der Waals surface area contributed by atoms with Crippen molar-refractivity contribution in [3.63, 3.8) is 0 Å². The Balaban J connectivity index is 2.30. The molecule has 1 aromatic rings. The van der Waals surface area contributed by atoms with Gasteiger partial charge in [0.1, 0.15) is 12.1 Å². The van der Waals surface area contributed by atoms with Gasteiger partial charge in [-0.2, -0.15) is 24.4 Å². The summed E-state index contributed by atoms with van der Waals surface area (Å²) in [6.07, 6.45) is 0. The van der Waals surface area contributed by atoms with Crippen molar-refractivity contribution >= 4 is 36.3 Å². The van der Waals surface area contributed by atoms with Crippen molar-refractivity contribution in [2.24, 2.45) is 11.5 Å². The lowest BCUT2D eigenvalue weighted by molar-refractivity contribution is -0.160. The van der Waals surface area contributed by atoms with Gasteiger partial charge in [0.25, 0.3) is 0 Å². The van der Waals surface area contributed by atoms with Gasteiger partial charge in [0.05, 0.1) is 0 Å². The molecule has 0 aliphatic heterocycles. The first-order valence-corrected chi connectivity index (χ1v) is 7.82. The van der Waals surface area contributed by atoms with Crippen molar-refractivity contribution < 1.29 is 14.3 Å². The van der Waals surface area contributed by atoms with Crippen LogP contribution < -0.4 is 11.5 Å². The van der Waals surface area contributed by atoms with Crippen LogP contribution in [0, 0.1) is 0 Å². The largest absolute Gasteiger partial charge is 0.391 e. The molecular formula is C13H18N2O3S2. The van der Waals surface area contributed by atoms with Gasteiger partial charge in [-0.15, -0.1) is 0 Å². The second-order valence-electron chi connectivity index (χ2n) is 4.14. The zero-order chi connectivity index (χ0) is 15.0. The molecule has 0 heterocycles. The molecule has 7 heteroatoms. The van der Waals surface area contributed by atoms with E-state index in [2.05, 4.69) is 17.4 Å². The first-order chi connectivity index (χ1) is 9.54. The molecule has 0 aliphatic rings. The molecule has 0 saturated heterocycles. The molecule has 110 valence electrons. The molecule has 0 aromatic heterocycles. The number of thioether (sulfide) groups is 1. The molecule has 20 heavy (non-hydrogen) atoms. The second-order valence-corrected chi connectivity index (χ2v) is 5.53. The van der Waals surface area contributed by atoms with Crippen molar-refractivity contribution in [3.05, 3.63) is 35.9 Å². The molecule has 0 spiro atoms. The van der Waals surface area contributed by atoms with Gasteiger partial charge in [-0.1, -0.05) is 30.3 Å². The SMILES string of the molecule is N[C@@H](CS)C(=O)OC(=O)[C@@H](N)CSCc1ccccc1. The van der Waals surface area contributed by atoms with Crippen LogP contribution in [0.4, 0.5) is 0 Å². The van der Waals surface area contributed by atoms with Gasteiger partial charge in [-0.25, -0.2) is 9.59 Å². The Labute approximate surface area is 127 Å². The zero-order valence-electron chi connectivity index (χ0n) is 10.9. The number of rotatable bonds is 7. The average Bonchev–Trinajstić information content (AvgIpc) is 2.47. The smallest absolute Gasteiger partial charge is 0.331 e. The molecular weight excluding hydrogens is 296 g/mol. The molecule has 0 bridgehead atoms. The molecule has 1 aromatic carbocycles. The third kappa shape index (κ3) is 5.96. The minimum atomic E-state index is -0.911. The van der Waals surface area contributed by atoms with E-state index in [0.29, 0.717) is 5.75 Å². The number of carbonyl (C=O) groups excluding carboxylic acids is 2. The molecule has 0 amide bonds. The normalized spacial score (nSPS) is 13.6. The highest BCUT2D eigenvalue weighted by molar-refractivity contribution is 7.98. The van der Waals surface area contributed by atoms with Gasteiger partial charge >= 0.3 is 11.9 Å². The van der Waals surface area contributed by atoms with E-state index < -0.39 is 24.0 Å². The highest BCUT2D eigenvalue weighted by Gasteiger charge is 2.22. The summed E-state index contributed by atoms with van der Waals surface area (Å²) in [6.45, 7) is 0. The van der Waals surface area contributed by atoms with Crippen LogP contribution in [-0.4, -0.2) is 35.5 Å². The maximum absolute atomic E-state index is 11.6. The number of carbonyl (C=O) groups is 2. The van der Waals surface area contributed by atoms with E-state index in [1.807, 2.05) is 30.3 Å². The number of thiol groups is 1. The van der Waals surface area contributed by atoms with E-state index in [9.17, 15) is 9.59 Å². The summed E-state index contributed by atoms with van der Waals surface area (Å²) < 4.78 is 4.58. The van der Waals surface area contributed by atoms with E-state index in [1.54, 1.807) is 0 Å². The number of nitrogens with two attached hydrogens (primary N) is 2. The summed E-state index contributed by atoms with van der Waals surface area (Å²) in [7, 11) is 0. The standard InChI is InChI=1S/C13H18N2O3S2/c14-10(6-19)12(16)18-13(17)11(15)8-20-7-9-4-2-1-3-5-9/h1-5,10-11,19H,6-8,14-15H2/t10-,11-/m0/s1. The molecule has 0 radical (unpaired) electrons. The van der Waals surface area contributed by atoms with Crippen LogP contribution in [0.1, 0.15) is 5.56 Å². The van der Waals surface area contributed by atoms with Crippen molar-refractivity contribution in [3.8, 4) is 0 Å². The monoisotopic (exact) mass is 314 g/mol. The highest BCUT2D eigenvalue weighted by atomic mass is 32.2. The molecule has 5 nitrogen and oxygen atoms in total. The van der Waals surface area contributed by atoms with E-state index in [4.69, 9.17) is 11.5 Å². The zero-order valence-corrected chi connectivity index (χ0v) is 12.6. The summed E-state index contributed by atoms with van der Waals surface area (Å²) in [5, 5.41) is 0. The summed E-state index contributed by atoms with van der Waals surface area (Å²) in [6, 6.07) is 8.06. The maximum atomic E-state index is 11.6. The van der Waals surface area contributed by atoms with Crippen LogP contribution >= 0.6 is 24.4 Å². The van der Waals surface area contributed by atoms with Gasteiger partial charge in [0, 0.05) is 17.3 Å². The fraction of sp³-hybridized carbons (Fsp3) is 0.385. The van der Waals surface area contributed by atoms with Crippen molar-refractivity contribution in [2.75, 3.05) is 11.5 Å². The van der Waals surface area contributed by atoms with E-state index in [-0.39, 0.29) is 5.75 Å². The van der Waals surface area contributed by atoms with Crippen LogP contribution in [0.25, 0.3) is 0 Å². The van der Waals surface area contributed by atoms with E-state index >= 15 is 0 Å². The van der Waals surface area contributed by atoms with Crippen molar-refractivity contribution in [1.82, 2.24) is 0 Å². The fourth-order valence-corrected chi connectivity index (χ4v) is 2.36. The first-order valence-electron chi connectivity index (χ1n) is 6.03. The van der Waals surface area contributed by atoms with Gasteiger partial charge in [-0.3, -0.25) is 0 Å². The molecule has 2 atom stereocenters. The summed E-state index contributed by atoms with van der Waals surface area (Å²) >= 11 is 5.35. The van der Waals surface area contributed by atoms with Crippen LogP contribution in [0.3, 0.4) is 0 Å². The molecule has 0 unspecified atom stereocenters. The molecule has 1 rings (SSSR count). The summed E-state index contributed by atoms with van der Waals surface area (Å²) in [4.78, 5) is 22.9. The Morgan fingerprint density at radius 3 is 2.35 bits per heavy atom. The minimum absolute atomic E-state index is 0.115. The fourth-order valence-electron chi connectivity index (χ4n) is 1.27. The Morgan fingerprint density at radius 1 is 1.15 bits per heavy atom. The lowest BCUT2D eigenvalue weighted by atomic mass is 10.2. The molecule has 0 fully saturated rings. The van der Waals surface area contributed by atoms with Crippen molar-refractivity contribution in [2.45, 2.75) is 17.8 Å². The molecule has 4 N–H and O–H groups in total. The quantitative estimate of drug-likeness (QED) is 0.387. The van der Waals surface area contributed by atoms with Gasteiger partial charge in [0.2, 0.25) is 0 Å². The van der Waals surface area contributed by atoms with Crippen LogP contribution in [0.2, 0.25) is 0 Å². The maximum Gasteiger partial charge on any atom is 0.331 e. The summed E-state index contributed by atoms with van der Waals surface area (Å²) in [5.41, 5.74) is 12.2. The number of benzene rings is 1. The molecule has 0 aliphatic carbocycles. The van der Waals surface area contributed by atoms with Crippen LogP contribution in [0.15, 0.2) is 30.3 Å². The first kappa shape index (κ1) is 17.0.